The maximum Gasteiger partial charge on any atom is 0.511 e. The number of ether oxygens (including phenoxy) is 6. The third-order valence-corrected chi connectivity index (χ3v) is 10.0. The van der Waals surface area contributed by atoms with Gasteiger partial charge in [-0.1, -0.05) is 73.5 Å². The Labute approximate surface area is 346 Å². The third-order valence-electron chi connectivity index (χ3n) is 9.78. The van der Waals surface area contributed by atoms with Crippen LogP contribution in [0.2, 0.25) is 5.15 Å². The second-order valence-electron chi connectivity index (χ2n) is 13.9. The van der Waals surface area contributed by atoms with Gasteiger partial charge in [-0.05, 0) is 48.1 Å². The highest BCUT2D eigenvalue weighted by Crippen LogP contribution is 2.32. The van der Waals surface area contributed by atoms with Crippen LogP contribution in [0, 0.1) is 20.2 Å². The Morgan fingerprint density at radius 2 is 1.67 bits per heavy atom. The van der Waals surface area contributed by atoms with Crippen molar-refractivity contribution < 1.29 is 57.9 Å². The molecule has 2 saturated heterocycles. The predicted octanol–water partition coefficient (Wildman–Crippen LogP) is 4.94. The Bertz CT molecular complexity index is 2090. The minimum atomic E-state index is -1.39. The van der Waals surface area contributed by atoms with E-state index in [0.29, 0.717) is 18.1 Å². The molecule has 4 heterocycles. The van der Waals surface area contributed by atoms with Crippen molar-refractivity contribution in [3.05, 3.63) is 91.0 Å². The van der Waals surface area contributed by atoms with E-state index in [1.54, 1.807) is 4.57 Å². The lowest BCUT2D eigenvalue weighted by Gasteiger charge is -2.21. The number of carbonyl (C=O) groups excluding carboxylic acids is 2. The number of nitrogens with one attached hydrogen (secondary N) is 1. The number of aromatic amines is 1. The van der Waals surface area contributed by atoms with Crippen molar-refractivity contribution in [1.82, 2.24) is 30.2 Å². The van der Waals surface area contributed by atoms with E-state index >= 15 is 0 Å². The largest absolute Gasteiger partial charge is 0.511 e. The number of aromatic nitrogens is 6. The first kappa shape index (κ1) is 43.6. The molecule has 0 spiro atoms. The van der Waals surface area contributed by atoms with E-state index in [9.17, 15) is 29.8 Å². The zero-order chi connectivity index (χ0) is 42.8. The molecule has 0 aliphatic carbocycles. The summed E-state index contributed by atoms with van der Waals surface area (Å²) in [6, 6.07) is 15.5. The van der Waals surface area contributed by atoms with Crippen LogP contribution in [0.3, 0.4) is 0 Å². The number of hydrogen-bond donors (Lipinski definition) is 1. The standard InChI is InChI=1S/C37H43ClN8O14/c1-4-5-12-30-39-34(38)31(44(30)18-23-13-15-24(16-14-23)25-9-6-7-10-26(25)35-40-42-43-41-35)36(47)56-22(3)57-37(48)58-29-20-55-32-28(19-54-33(29)32)53-17-8-11-27(60-46(51)52)21(2)59-45(49)50/h6-7,9-10,13-16,21-22,27-29,32-33H,4-5,8,11-12,17-20H2,1-3H3,(H,40,41,42,43)/t21-,22?,27-,28-,29-,32?,33?/m0/s1. The molecule has 0 saturated carbocycles. The number of rotatable bonds is 21. The molecule has 22 nitrogen and oxygen atoms in total. The summed E-state index contributed by atoms with van der Waals surface area (Å²) in [6.45, 7) is 5.08. The summed E-state index contributed by atoms with van der Waals surface area (Å²) in [4.78, 5) is 61.3. The molecule has 2 aliphatic heterocycles. The highest BCUT2D eigenvalue weighted by molar-refractivity contribution is 6.32. The van der Waals surface area contributed by atoms with E-state index in [1.807, 2.05) is 55.5 Å². The first-order valence-electron chi connectivity index (χ1n) is 19.1. The molecule has 0 bridgehead atoms. The molecule has 2 fully saturated rings. The second kappa shape index (κ2) is 20.3. The van der Waals surface area contributed by atoms with E-state index in [0.717, 1.165) is 35.1 Å². The zero-order valence-corrected chi connectivity index (χ0v) is 33.5. The average Bonchev–Trinajstić information content (AvgIpc) is 4.02. The fourth-order valence-electron chi connectivity index (χ4n) is 6.93. The first-order chi connectivity index (χ1) is 28.9. The van der Waals surface area contributed by atoms with Crippen LogP contribution in [0.4, 0.5) is 4.79 Å². The molecule has 0 amide bonds. The number of imidazole rings is 1. The van der Waals surface area contributed by atoms with Crippen molar-refractivity contribution >= 4 is 23.7 Å². The number of fused-ring (bicyclic) bond motifs is 1. The van der Waals surface area contributed by atoms with Crippen molar-refractivity contribution in [2.24, 2.45) is 0 Å². The average molecular weight is 859 g/mol. The molecule has 7 atom stereocenters. The smallest absolute Gasteiger partial charge is 0.426 e. The number of benzene rings is 2. The summed E-state index contributed by atoms with van der Waals surface area (Å²) in [6.07, 6.45) is -5.12. The van der Waals surface area contributed by atoms with Gasteiger partial charge in [-0.3, -0.25) is 0 Å². The molecule has 23 heteroatoms. The molecule has 60 heavy (non-hydrogen) atoms. The Morgan fingerprint density at radius 1 is 0.967 bits per heavy atom. The summed E-state index contributed by atoms with van der Waals surface area (Å²) < 4.78 is 35.4. The van der Waals surface area contributed by atoms with Gasteiger partial charge in [0.15, 0.2) is 17.0 Å². The van der Waals surface area contributed by atoms with E-state index in [-0.39, 0.29) is 50.1 Å². The van der Waals surface area contributed by atoms with Crippen molar-refractivity contribution in [3.8, 4) is 22.5 Å². The Hall–Kier alpha value is -5.97. The van der Waals surface area contributed by atoms with Gasteiger partial charge < -0.3 is 42.7 Å². The first-order valence-corrected chi connectivity index (χ1v) is 19.5. The fourth-order valence-corrected chi connectivity index (χ4v) is 7.21. The van der Waals surface area contributed by atoms with Gasteiger partial charge in [0.05, 0.1) is 13.2 Å². The number of tetrazole rings is 1. The third kappa shape index (κ3) is 11.0. The van der Waals surface area contributed by atoms with Crippen LogP contribution in [0.25, 0.3) is 22.5 Å². The molecule has 322 valence electrons. The van der Waals surface area contributed by atoms with Crippen LogP contribution in [0.5, 0.6) is 0 Å². The number of unbranched alkanes of at least 4 members (excludes halogenated alkanes) is 1. The normalized spacial score (nSPS) is 19.8. The van der Waals surface area contributed by atoms with Gasteiger partial charge in [-0.2, -0.15) is 5.21 Å². The molecule has 6 rings (SSSR count). The van der Waals surface area contributed by atoms with Crippen LogP contribution in [0.1, 0.15) is 68.3 Å². The molecule has 4 aromatic rings. The number of H-pyrrole nitrogens is 1. The SMILES string of the molecule is CCCCc1nc(Cl)c(C(=O)OC(C)OC(=O)O[C@H]2COC3C2OC[C@@H]3OCCC[C@H](O[N+](=O)[O-])[C@H](C)O[N+](=O)[O-])n1Cc1ccc(-c2ccccc2-c2nn[nH]n2)cc1. The Balaban J connectivity index is 1.01. The zero-order valence-electron chi connectivity index (χ0n) is 32.7. The molecular formula is C37H43ClN8O14. The predicted molar refractivity (Wildman–Crippen MR) is 204 cm³/mol. The topological polar surface area (TPSA) is 267 Å². The van der Waals surface area contributed by atoms with Gasteiger partial charge in [-0.15, -0.1) is 30.4 Å². The van der Waals surface area contributed by atoms with Gasteiger partial charge in [-0.25, -0.2) is 14.6 Å². The van der Waals surface area contributed by atoms with E-state index in [1.165, 1.54) is 13.8 Å². The molecule has 2 aliphatic rings. The van der Waals surface area contributed by atoms with Crippen molar-refractivity contribution in [2.45, 2.75) is 102 Å². The van der Waals surface area contributed by atoms with Crippen molar-refractivity contribution in [2.75, 3.05) is 19.8 Å². The van der Waals surface area contributed by atoms with Gasteiger partial charge in [0.25, 0.3) is 10.2 Å². The van der Waals surface area contributed by atoms with Crippen LogP contribution >= 0.6 is 11.6 Å². The lowest BCUT2D eigenvalue weighted by Crippen LogP contribution is -2.36. The van der Waals surface area contributed by atoms with Gasteiger partial charge in [0, 0.05) is 32.1 Å². The number of aryl methyl sites for hydroxylation is 1. The highest BCUT2D eigenvalue weighted by atomic mass is 35.5. The lowest BCUT2D eigenvalue weighted by atomic mass is 9.98. The summed E-state index contributed by atoms with van der Waals surface area (Å²) in [5.41, 5.74) is 3.49. The lowest BCUT2D eigenvalue weighted by molar-refractivity contribution is -0.798. The number of esters is 1. The summed E-state index contributed by atoms with van der Waals surface area (Å²) in [5.74, 6) is 0.197. The monoisotopic (exact) mass is 858 g/mol. The number of nitrogens with zero attached hydrogens (tertiary/aromatic N) is 7. The molecule has 2 aromatic heterocycles. The summed E-state index contributed by atoms with van der Waals surface area (Å²) in [5, 5.41) is 33.7. The van der Waals surface area contributed by atoms with Crippen molar-refractivity contribution in [1.29, 1.82) is 0 Å². The molecule has 1 N–H and O–H groups in total. The van der Waals surface area contributed by atoms with Crippen molar-refractivity contribution in [3.63, 3.8) is 0 Å². The summed E-state index contributed by atoms with van der Waals surface area (Å²) in [7, 11) is 0. The molecule has 2 aromatic carbocycles. The Morgan fingerprint density at radius 3 is 2.35 bits per heavy atom. The fraction of sp³-hybridized carbons (Fsp3) is 0.514. The Kier molecular flexibility index (Phi) is 14.8. The van der Waals surface area contributed by atoms with Crippen LogP contribution in [0.15, 0.2) is 48.5 Å². The van der Waals surface area contributed by atoms with E-state index in [4.69, 9.17) is 40.0 Å². The maximum atomic E-state index is 13.6. The second-order valence-corrected chi connectivity index (χ2v) is 14.2. The minimum Gasteiger partial charge on any atom is -0.426 e. The molecular weight excluding hydrogens is 816 g/mol. The van der Waals surface area contributed by atoms with Gasteiger partial charge in [0.2, 0.25) is 12.1 Å². The molecule has 3 unspecified atom stereocenters. The van der Waals surface area contributed by atoms with Crippen LogP contribution in [-0.4, -0.2) is 115 Å². The van der Waals surface area contributed by atoms with Gasteiger partial charge in [0.1, 0.15) is 36.3 Å². The van der Waals surface area contributed by atoms with Crippen LogP contribution < -0.4 is 0 Å². The minimum absolute atomic E-state index is 0.00390. The van der Waals surface area contributed by atoms with Gasteiger partial charge >= 0.3 is 12.1 Å². The number of hydrogen-bond acceptors (Lipinski definition) is 18. The number of halogens is 1. The summed E-state index contributed by atoms with van der Waals surface area (Å²) >= 11 is 6.55. The van der Waals surface area contributed by atoms with Crippen LogP contribution in [-0.2, 0) is 51.1 Å². The quantitative estimate of drug-likeness (QED) is 0.0382. The number of carbonyl (C=O) groups is 2. The van der Waals surface area contributed by atoms with E-state index in [2.05, 4.69) is 35.3 Å². The maximum absolute atomic E-state index is 13.6. The highest BCUT2D eigenvalue weighted by Gasteiger charge is 2.50. The molecule has 0 radical (unpaired) electrons. The van der Waals surface area contributed by atoms with E-state index < -0.39 is 65.2 Å².